The number of phenolic OH excluding ortho intramolecular Hbond substituents is 1. The Morgan fingerprint density at radius 3 is 2.33 bits per heavy atom. The van der Waals surface area contributed by atoms with E-state index in [0.29, 0.717) is 12.3 Å². The summed E-state index contributed by atoms with van der Waals surface area (Å²) in [6.07, 6.45) is 0. The fourth-order valence-electron chi connectivity index (χ4n) is 3.32. The number of piperazine rings is 1. The maximum absolute atomic E-state index is 12.2. The van der Waals surface area contributed by atoms with Crippen LogP contribution >= 0.6 is 24.0 Å². The van der Waals surface area contributed by atoms with Gasteiger partial charge in [-0.25, -0.2) is 4.99 Å². The first kappa shape index (κ1) is 23.8. The van der Waals surface area contributed by atoms with Crippen molar-refractivity contribution in [2.75, 3.05) is 44.2 Å². The van der Waals surface area contributed by atoms with Gasteiger partial charge in [-0.15, -0.1) is 24.0 Å². The Morgan fingerprint density at radius 1 is 1.00 bits per heavy atom. The standard InChI is InChI=1S/C22H29N5O2.HI/c1-2-23-22(25-17-21(29)24-16-18-8-4-3-5-9-18)27-14-12-26(13-15-27)19-10-6-7-11-20(19)28;/h3-11,28H,2,12-17H2,1H3,(H,23,25)(H,24,29);1H. The van der Waals surface area contributed by atoms with Crippen LogP contribution in [0.3, 0.4) is 0 Å². The number of aromatic hydroxyl groups is 1. The van der Waals surface area contributed by atoms with Crippen LogP contribution in [0.5, 0.6) is 5.75 Å². The fraction of sp³-hybridized carbons (Fsp3) is 0.364. The number of nitrogens with one attached hydrogen (secondary N) is 2. The molecule has 0 aliphatic carbocycles. The Bertz CT molecular complexity index is 823. The number of carbonyl (C=O) groups excluding carboxylic acids is 1. The number of phenols is 1. The zero-order chi connectivity index (χ0) is 20.5. The van der Waals surface area contributed by atoms with E-state index in [0.717, 1.165) is 49.9 Å². The van der Waals surface area contributed by atoms with Gasteiger partial charge in [-0.2, -0.15) is 0 Å². The van der Waals surface area contributed by atoms with E-state index in [4.69, 9.17) is 0 Å². The molecule has 7 nitrogen and oxygen atoms in total. The van der Waals surface area contributed by atoms with Gasteiger partial charge in [0.15, 0.2) is 5.96 Å². The Kier molecular flexibility index (Phi) is 9.72. The molecular formula is C22H30IN5O2. The quantitative estimate of drug-likeness (QED) is 0.308. The van der Waals surface area contributed by atoms with E-state index in [2.05, 4.69) is 25.4 Å². The number of nitrogens with zero attached hydrogens (tertiary/aromatic N) is 3. The summed E-state index contributed by atoms with van der Waals surface area (Å²) in [5.41, 5.74) is 1.92. The monoisotopic (exact) mass is 523 g/mol. The van der Waals surface area contributed by atoms with Crippen LogP contribution in [0.4, 0.5) is 5.69 Å². The normalized spacial score (nSPS) is 14.1. The second kappa shape index (κ2) is 12.3. The van der Waals surface area contributed by atoms with E-state index in [-0.39, 0.29) is 36.4 Å². The smallest absolute Gasteiger partial charge is 0.242 e. The number of halogens is 1. The molecule has 1 heterocycles. The molecule has 8 heteroatoms. The zero-order valence-electron chi connectivity index (χ0n) is 17.3. The van der Waals surface area contributed by atoms with Crippen molar-refractivity contribution in [1.29, 1.82) is 0 Å². The van der Waals surface area contributed by atoms with E-state index in [1.165, 1.54) is 0 Å². The lowest BCUT2D eigenvalue weighted by Crippen LogP contribution is -2.52. The number of carbonyl (C=O) groups is 1. The summed E-state index contributed by atoms with van der Waals surface area (Å²) in [7, 11) is 0. The van der Waals surface area contributed by atoms with Gasteiger partial charge in [0.2, 0.25) is 5.91 Å². The van der Waals surface area contributed by atoms with Gasteiger partial charge in [-0.1, -0.05) is 42.5 Å². The molecule has 30 heavy (non-hydrogen) atoms. The van der Waals surface area contributed by atoms with Gasteiger partial charge >= 0.3 is 0 Å². The largest absolute Gasteiger partial charge is 0.506 e. The Hall–Kier alpha value is -2.49. The van der Waals surface area contributed by atoms with Crippen molar-refractivity contribution in [2.24, 2.45) is 4.99 Å². The van der Waals surface area contributed by atoms with E-state index in [1.54, 1.807) is 6.07 Å². The summed E-state index contributed by atoms with van der Waals surface area (Å²) < 4.78 is 0. The van der Waals surface area contributed by atoms with Crippen LogP contribution in [0.1, 0.15) is 12.5 Å². The third kappa shape index (κ3) is 6.79. The van der Waals surface area contributed by atoms with Gasteiger partial charge in [-0.3, -0.25) is 4.79 Å². The molecule has 1 fully saturated rings. The number of rotatable bonds is 6. The van der Waals surface area contributed by atoms with Gasteiger partial charge in [0.25, 0.3) is 0 Å². The number of benzene rings is 2. The lowest BCUT2D eigenvalue weighted by molar-refractivity contribution is -0.119. The van der Waals surface area contributed by atoms with Crippen molar-refractivity contribution in [3.05, 3.63) is 60.2 Å². The van der Waals surface area contributed by atoms with Crippen molar-refractivity contribution in [2.45, 2.75) is 13.5 Å². The lowest BCUT2D eigenvalue weighted by atomic mass is 10.2. The molecule has 0 bridgehead atoms. The van der Waals surface area contributed by atoms with Crippen molar-refractivity contribution in [3.8, 4) is 5.75 Å². The average Bonchev–Trinajstić information content (AvgIpc) is 2.76. The summed E-state index contributed by atoms with van der Waals surface area (Å²) in [6, 6.07) is 17.2. The summed E-state index contributed by atoms with van der Waals surface area (Å²) in [4.78, 5) is 21.0. The predicted molar refractivity (Wildman–Crippen MR) is 132 cm³/mol. The summed E-state index contributed by atoms with van der Waals surface area (Å²) in [6.45, 7) is 6.45. The van der Waals surface area contributed by atoms with Gasteiger partial charge in [0.1, 0.15) is 12.3 Å². The van der Waals surface area contributed by atoms with Crippen LogP contribution in [-0.4, -0.2) is 61.1 Å². The molecular weight excluding hydrogens is 493 g/mol. The van der Waals surface area contributed by atoms with Crippen molar-refractivity contribution in [1.82, 2.24) is 15.5 Å². The van der Waals surface area contributed by atoms with Crippen molar-refractivity contribution < 1.29 is 9.90 Å². The third-order valence-corrected chi connectivity index (χ3v) is 4.84. The van der Waals surface area contributed by atoms with E-state index in [9.17, 15) is 9.90 Å². The minimum absolute atomic E-state index is 0. The SMILES string of the molecule is CCNC(=NCC(=O)NCc1ccccc1)N1CCN(c2ccccc2O)CC1.I. The first-order valence-corrected chi connectivity index (χ1v) is 10.0. The Morgan fingerprint density at radius 2 is 1.67 bits per heavy atom. The molecule has 0 unspecified atom stereocenters. The molecule has 2 aromatic rings. The molecule has 0 atom stereocenters. The highest BCUT2D eigenvalue weighted by atomic mass is 127. The van der Waals surface area contributed by atoms with Crippen LogP contribution in [0.15, 0.2) is 59.6 Å². The molecule has 162 valence electrons. The highest BCUT2D eigenvalue weighted by Gasteiger charge is 2.21. The Labute approximate surface area is 195 Å². The zero-order valence-corrected chi connectivity index (χ0v) is 19.6. The maximum atomic E-state index is 12.2. The lowest BCUT2D eigenvalue weighted by Gasteiger charge is -2.37. The average molecular weight is 523 g/mol. The topological polar surface area (TPSA) is 80.2 Å². The minimum Gasteiger partial charge on any atom is -0.506 e. The highest BCUT2D eigenvalue weighted by Crippen LogP contribution is 2.27. The molecule has 3 N–H and O–H groups in total. The fourth-order valence-corrected chi connectivity index (χ4v) is 3.32. The van der Waals surface area contributed by atoms with E-state index in [1.807, 2.05) is 55.5 Å². The molecule has 0 aromatic heterocycles. The van der Waals surface area contributed by atoms with Gasteiger partial charge < -0.3 is 25.5 Å². The van der Waals surface area contributed by atoms with Crippen LogP contribution in [0.2, 0.25) is 0 Å². The van der Waals surface area contributed by atoms with Gasteiger partial charge in [0, 0.05) is 39.3 Å². The number of amides is 1. The maximum Gasteiger partial charge on any atom is 0.242 e. The summed E-state index contributed by atoms with van der Waals surface area (Å²) in [5.74, 6) is 0.952. The number of para-hydroxylation sites is 2. The number of hydrogen-bond acceptors (Lipinski definition) is 4. The van der Waals surface area contributed by atoms with Crippen LogP contribution < -0.4 is 15.5 Å². The van der Waals surface area contributed by atoms with Gasteiger partial charge in [-0.05, 0) is 24.6 Å². The number of anilines is 1. The second-order valence-corrected chi connectivity index (χ2v) is 6.90. The molecule has 0 saturated carbocycles. The minimum atomic E-state index is -0.0999. The van der Waals surface area contributed by atoms with Crippen molar-refractivity contribution >= 4 is 41.5 Å². The first-order chi connectivity index (χ1) is 14.2. The third-order valence-electron chi connectivity index (χ3n) is 4.84. The van der Waals surface area contributed by atoms with Crippen LogP contribution in [0.25, 0.3) is 0 Å². The molecule has 1 saturated heterocycles. The van der Waals surface area contributed by atoms with Crippen LogP contribution in [-0.2, 0) is 11.3 Å². The van der Waals surface area contributed by atoms with E-state index >= 15 is 0 Å². The predicted octanol–water partition coefficient (Wildman–Crippen LogP) is 2.41. The summed E-state index contributed by atoms with van der Waals surface area (Å²) >= 11 is 0. The number of guanidine groups is 1. The molecule has 1 aliphatic rings. The van der Waals surface area contributed by atoms with Crippen LogP contribution in [0, 0.1) is 0 Å². The van der Waals surface area contributed by atoms with E-state index < -0.39 is 0 Å². The molecule has 0 spiro atoms. The molecule has 1 aliphatic heterocycles. The highest BCUT2D eigenvalue weighted by molar-refractivity contribution is 14.0. The summed E-state index contributed by atoms with van der Waals surface area (Å²) in [5, 5.41) is 16.2. The molecule has 1 amide bonds. The molecule has 3 rings (SSSR count). The molecule has 0 radical (unpaired) electrons. The van der Waals surface area contributed by atoms with Crippen molar-refractivity contribution in [3.63, 3.8) is 0 Å². The number of aliphatic imine (C=N–C) groups is 1. The number of hydrogen-bond donors (Lipinski definition) is 3. The second-order valence-electron chi connectivity index (χ2n) is 6.90. The van der Waals surface area contributed by atoms with Gasteiger partial charge in [0.05, 0.1) is 5.69 Å². The first-order valence-electron chi connectivity index (χ1n) is 10.0. The Balaban J connectivity index is 0.00000320. The molecule has 2 aromatic carbocycles.